The molecule has 1 radical (unpaired) electrons. The Bertz CT molecular complexity index is 1400. The third-order valence-electron chi connectivity index (χ3n) is 8.28. The van der Waals surface area contributed by atoms with E-state index in [0.29, 0.717) is 5.56 Å². The summed E-state index contributed by atoms with van der Waals surface area (Å²) in [4.78, 5) is 44.1. The Labute approximate surface area is 260 Å². The minimum absolute atomic E-state index is 0.0787. The van der Waals surface area contributed by atoms with E-state index >= 15 is 0 Å². The van der Waals surface area contributed by atoms with Gasteiger partial charge in [0.15, 0.2) is 0 Å². The molecule has 44 heavy (non-hydrogen) atoms. The second kappa shape index (κ2) is 15.0. The van der Waals surface area contributed by atoms with Crippen LogP contribution in [0.2, 0.25) is 0 Å². The highest BCUT2D eigenvalue weighted by molar-refractivity contribution is 5.94. The van der Waals surface area contributed by atoms with Crippen LogP contribution >= 0.6 is 0 Å². The maximum atomic E-state index is 13.6. The van der Waals surface area contributed by atoms with Gasteiger partial charge >= 0.3 is 6.09 Å². The molecule has 0 spiro atoms. The smallest absolute Gasteiger partial charge is 0.429 e. The average Bonchev–Trinajstić information content (AvgIpc) is 3.06. The van der Waals surface area contributed by atoms with E-state index < -0.39 is 6.09 Å². The van der Waals surface area contributed by atoms with E-state index in [4.69, 9.17) is 4.74 Å². The standard InChI is InChI=1S/C35H42N5O4/c1-28(41)38-23-21-37(22-24-38)27-29-15-17-31(18-16-29)34(42)36(2)25-26-44-35(43)40(39-19-9-4-10-20-39)33-14-8-7-13-32(33)30-11-5-3-6-12-30/h3-8,11-18H,9-10,19-27H2,1-2H3. The van der Waals surface area contributed by atoms with Crippen LogP contribution in [0.25, 0.3) is 11.1 Å². The number of likely N-dealkylation sites (N-methyl/N-ethyl adjacent to an activating group) is 1. The van der Waals surface area contributed by atoms with Gasteiger partial charge in [-0.2, -0.15) is 0 Å². The van der Waals surface area contributed by atoms with Gasteiger partial charge in [0, 0.05) is 70.9 Å². The monoisotopic (exact) mass is 596 g/mol. The van der Waals surface area contributed by atoms with Crippen molar-refractivity contribution in [3.63, 3.8) is 0 Å². The van der Waals surface area contributed by atoms with Crippen LogP contribution in [0.1, 0.15) is 35.7 Å². The Hall–Kier alpha value is -4.21. The lowest BCUT2D eigenvalue weighted by molar-refractivity contribution is -0.130. The molecule has 0 N–H and O–H groups in total. The van der Waals surface area contributed by atoms with Crippen LogP contribution in [-0.4, -0.2) is 97.1 Å². The fraction of sp³-hybridized carbons (Fsp3) is 0.371. The van der Waals surface area contributed by atoms with E-state index in [1.54, 1.807) is 23.9 Å². The highest BCUT2D eigenvalue weighted by Crippen LogP contribution is 2.33. The van der Waals surface area contributed by atoms with Crippen LogP contribution < -0.4 is 5.01 Å². The van der Waals surface area contributed by atoms with Crippen LogP contribution in [0, 0.1) is 6.42 Å². The van der Waals surface area contributed by atoms with Crippen molar-refractivity contribution in [2.75, 3.05) is 64.5 Å². The minimum Gasteiger partial charge on any atom is -0.446 e. The van der Waals surface area contributed by atoms with Crippen molar-refractivity contribution in [2.45, 2.75) is 26.3 Å². The number of anilines is 1. The van der Waals surface area contributed by atoms with Crippen LogP contribution in [0.3, 0.4) is 0 Å². The molecule has 9 nitrogen and oxygen atoms in total. The van der Waals surface area contributed by atoms with Gasteiger partial charge in [0.25, 0.3) is 5.91 Å². The number of rotatable bonds is 9. The van der Waals surface area contributed by atoms with Crippen molar-refractivity contribution in [2.24, 2.45) is 0 Å². The highest BCUT2D eigenvalue weighted by atomic mass is 16.6. The fourth-order valence-electron chi connectivity index (χ4n) is 5.71. The van der Waals surface area contributed by atoms with Crippen molar-refractivity contribution >= 4 is 23.6 Å². The third-order valence-corrected chi connectivity index (χ3v) is 8.28. The maximum absolute atomic E-state index is 13.6. The quantitative estimate of drug-likeness (QED) is 0.348. The molecule has 2 heterocycles. The number of amides is 3. The number of carbonyl (C=O) groups excluding carboxylic acids is 3. The number of hydrogen-bond donors (Lipinski definition) is 0. The predicted octanol–water partition coefficient (Wildman–Crippen LogP) is 4.95. The van der Waals surface area contributed by atoms with Gasteiger partial charge in [-0.25, -0.2) is 14.8 Å². The molecule has 3 amide bonds. The van der Waals surface area contributed by atoms with Gasteiger partial charge in [-0.05, 0) is 48.6 Å². The summed E-state index contributed by atoms with van der Waals surface area (Å²) in [6, 6.07) is 25.6. The molecule has 0 atom stereocenters. The van der Waals surface area contributed by atoms with Crippen molar-refractivity contribution < 1.29 is 19.1 Å². The van der Waals surface area contributed by atoms with Gasteiger partial charge in [-0.3, -0.25) is 14.5 Å². The molecular weight excluding hydrogens is 554 g/mol. The summed E-state index contributed by atoms with van der Waals surface area (Å²) in [6.45, 7) is 7.37. The van der Waals surface area contributed by atoms with E-state index in [-0.39, 0.29) is 25.0 Å². The molecule has 9 heteroatoms. The molecule has 0 saturated carbocycles. The van der Waals surface area contributed by atoms with Crippen molar-refractivity contribution in [1.82, 2.24) is 19.7 Å². The van der Waals surface area contributed by atoms with E-state index in [2.05, 4.69) is 11.3 Å². The first-order valence-corrected chi connectivity index (χ1v) is 15.4. The molecule has 2 saturated heterocycles. The molecule has 3 aromatic rings. The molecule has 2 fully saturated rings. The van der Waals surface area contributed by atoms with E-state index in [9.17, 15) is 14.4 Å². The van der Waals surface area contributed by atoms with Crippen molar-refractivity contribution in [3.8, 4) is 11.1 Å². The van der Waals surface area contributed by atoms with Gasteiger partial charge in [0.2, 0.25) is 5.91 Å². The van der Waals surface area contributed by atoms with Crippen molar-refractivity contribution in [3.05, 3.63) is 96.4 Å². The summed E-state index contributed by atoms with van der Waals surface area (Å²) in [5.74, 6) is -0.00147. The van der Waals surface area contributed by atoms with Crippen LogP contribution in [-0.2, 0) is 16.1 Å². The highest BCUT2D eigenvalue weighted by Gasteiger charge is 2.28. The topological polar surface area (TPSA) is 76.6 Å². The van der Waals surface area contributed by atoms with Crippen LogP contribution in [0.15, 0.2) is 78.9 Å². The van der Waals surface area contributed by atoms with E-state index in [1.165, 1.54) is 0 Å². The summed E-state index contributed by atoms with van der Waals surface area (Å²) in [5.41, 5.74) is 4.47. The number of carbonyl (C=O) groups is 3. The number of hydrogen-bond acceptors (Lipinski definition) is 6. The summed E-state index contributed by atoms with van der Waals surface area (Å²) < 4.78 is 5.80. The number of benzene rings is 3. The Kier molecular flexibility index (Phi) is 10.6. The normalized spacial score (nSPS) is 15.9. The second-order valence-corrected chi connectivity index (χ2v) is 11.3. The largest absolute Gasteiger partial charge is 0.446 e. The summed E-state index contributed by atoms with van der Waals surface area (Å²) in [6.07, 6.45) is 3.57. The zero-order valence-electron chi connectivity index (χ0n) is 25.7. The first-order chi connectivity index (χ1) is 21.4. The number of nitrogens with zero attached hydrogens (tertiary/aromatic N) is 5. The fourth-order valence-corrected chi connectivity index (χ4v) is 5.71. The zero-order chi connectivity index (χ0) is 30.9. The molecule has 0 aliphatic carbocycles. The lowest BCUT2D eigenvalue weighted by atomic mass is 10.0. The van der Waals surface area contributed by atoms with Gasteiger partial charge in [-0.15, -0.1) is 0 Å². The molecule has 3 aromatic carbocycles. The van der Waals surface area contributed by atoms with Crippen LogP contribution in [0.5, 0.6) is 0 Å². The number of ether oxygens (including phenoxy) is 1. The average molecular weight is 597 g/mol. The SMILES string of the molecule is CC(=O)N1CCN(Cc2ccc(C(=O)N(C)CCOC(=O)N(c3ccccc3-c3ccccc3)N3CC[CH]CC3)cc2)CC1. The summed E-state index contributed by atoms with van der Waals surface area (Å²) in [5, 5.41) is 3.71. The molecule has 0 bridgehead atoms. The lowest BCUT2D eigenvalue weighted by Gasteiger charge is -2.37. The Morgan fingerprint density at radius 1 is 0.795 bits per heavy atom. The molecular formula is C35H42N5O4. The molecule has 2 aliphatic heterocycles. The maximum Gasteiger partial charge on any atom is 0.429 e. The zero-order valence-corrected chi connectivity index (χ0v) is 25.7. The summed E-state index contributed by atoms with van der Waals surface area (Å²) >= 11 is 0. The molecule has 2 aliphatic rings. The summed E-state index contributed by atoms with van der Waals surface area (Å²) in [7, 11) is 1.72. The number of piperidine rings is 1. The molecule has 0 aromatic heterocycles. The second-order valence-electron chi connectivity index (χ2n) is 11.3. The number of para-hydroxylation sites is 1. The lowest BCUT2D eigenvalue weighted by Crippen LogP contribution is -2.50. The van der Waals surface area contributed by atoms with Crippen molar-refractivity contribution in [1.29, 1.82) is 0 Å². The van der Waals surface area contributed by atoms with Gasteiger partial charge in [-0.1, -0.05) is 60.7 Å². The van der Waals surface area contributed by atoms with E-state index in [1.807, 2.05) is 88.8 Å². The minimum atomic E-state index is -0.454. The number of piperazine rings is 1. The van der Waals surface area contributed by atoms with Gasteiger partial charge in [0.05, 0.1) is 12.2 Å². The predicted molar refractivity (Wildman–Crippen MR) is 172 cm³/mol. The number of hydrazine groups is 1. The first kappa shape index (κ1) is 31.2. The third kappa shape index (κ3) is 7.84. The van der Waals surface area contributed by atoms with Gasteiger partial charge < -0.3 is 14.5 Å². The molecule has 5 rings (SSSR count). The Morgan fingerprint density at radius 3 is 2.14 bits per heavy atom. The van der Waals surface area contributed by atoms with Gasteiger partial charge in [0.1, 0.15) is 6.61 Å². The molecule has 0 unspecified atom stereocenters. The van der Waals surface area contributed by atoms with Crippen LogP contribution in [0.4, 0.5) is 10.5 Å². The Morgan fingerprint density at radius 2 is 1.45 bits per heavy atom. The van der Waals surface area contributed by atoms with E-state index in [0.717, 1.165) is 81.0 Å². The molecule has 231 valence electrons. The Balaban J connectivity index is 1.17. The first-order valence-electron chi connectivity index (χ1n) is 15.4.